The zero-order valence-electron chi connectivity index (χ0n) is 17.9. The van der Waals surface area contributed by atoms with Crippen LogP contribution in [0.5, 0.6) is 0 Å². The molecule has 0 saturated carbocycles. The molecular formula is C25H25Cl2NO2S2. The van der Waals surface area contributed by atoms with Crippen molar-refractivity contribution in [2.75, 3.05) is 23.4 Å². The maximum Gasteiger partial charge on any atom is 0.312 e. The fourth-order valence-corrected chi connectivity index (χ4v) is 5.40. The Morgan fingerprint density at radius 1 is 0.906 bits per heavy atom. The van der Waals surface area contributed by atoms with Crippen LogP contribution in [0.15, 0.2) is 70.5 Å². The van der Waals surface area contributed by atoms with Gasteiger partial charge in [0.1, 0.15) is 0 Å². The Hall–Kier alpha value is -1.79. The van der Waals surface area contributed by atoms with Crippen LogP contribution in [0.2, 0.25) is 10.0 Å². The first kappa shape index (κ1) is 24.8. The number of anilines is 1. The first-order chi connectivity index (χ1) is 15.4. The van der Waals surface area contributed by atoms with Gasteiger partial charge in [-0.25, -0.2) is 0 Å². The second-order valence-corrected chi connectivity index (χ2v) is 10.5. The number of thioether (sulfide) groups is 2. The van der Waals surface area contributed by atoms with Gasteiger partial charge in [0.2, 0.25) is 0 Å². The Balaban J connectivity index is 1.76. The Labute approximate surface area is 207 Å². The van der Waals surface area contributed by atoms with E-state index in [0.29, 0.717) is 15.7 Å². The quantitative estimate of drug-likeness (QED) is 0.272. The molecule has 0 heterocycles. The lowest BCUT2D eigenvalue weighted by Gasteiger charge is -2.17. The third kappa shape index (κ3) is 6.38. The van der Waals surface area contributed by atoms with Crippen molar-refractivity contribution in [1.82, 2.24) is 0 Å². The van der Waals surface area contributed by atoms with E-state index in [2.05, 4.69) is 31.3 Å². The van der Waals surface area contributed by atoms with Gasteiger partial charge in [-0.1, -0.05) is 61.3 Å². The number of aliphatic carboxylic acids is 1. The smallest absolute Gasteiger partial charge is 0.312 e. The Morgan fingerprint density at radius 2 is 1.41 bits per heavy atom. The largest absolute Gasteiger partial charge is 0.481 e. The van der Waals surface area contributed by atoms with E-state index in [0.717, 1.165) is 33.1 Å². The van der Waals surface area contributed by atoms with Crippen molar-refractivity contribution < 1.29 is 9.90 Å². The van der Waals surface area contributed by atoms with Crippen LogP contribution in [0.3, 0.4) is 0 Å². The highest BCUT2D eigenvalue weighted by Crippen LogP contribution is 2.38. The van der Waals surface area contributed by atoms with Gasteiger partial charge < -0.3 is 10.4 Å². The Morgan fingerprint density at radius 3 is 1.88 bits per heavy atom. The van der Waals surface area contributed by atoms with Crippen LogP contribution >= 0.6 is 46.7 Å². The number of carboxylic acids is 1. The van der Waals surface area contributed by atoms with Gasteiger partial charge in [0.25, 0.3) is 0 Å². The summed E-state index contributed by atoms with van der Waals surface area (Å²) in [5, 5.41) is 14.0. The molecule has 3 aromatic rings. The van der Waals surface area contributed by atoms with Gasteiger partial charge in [-0.05, 0) is 59.0 Å². The Kier molecular flexibility index (Phi) is 9.23. The van der Waals surface area contributed by atoms with E-state index in [4.69, 9.17) is 23.2 Å². The minimum atomic E-state index is -0.882. The predicted octanol–water partition coefficient (Wildman–Crippen LogP) is 8.16. The van der Waals surface area contributed by atoms with Crippen molar-refractivity contribution in [3.63, 3.8) is 0 Å². The fraction of sp³-hybridized carbons (Fsp3) is 0.240. The number of halogens is 2. The van der Waals surface area contributed by atoms with Gasteiger partial charge in [-0.15, -0.1) is 23.5 Å². The molecule has 0 aliphatic heterocycles. The number of hydrogen-bond acceptors (Lipinski definition) is 4. The summed E-state index contributed by atoms with van der Waals surface area (Å²) in [6.45, 7) is 4.43. The molecule has 1 unspecified atom stereocenters. The van der Waals surface area contributed by atoms with Gasteiger partial charge in [-0.2, -0.15) is 0 Å². The molecule has 0 amide bonds. The topological polar surface area (TPSA) is 49.3 Å². The van der Waals surface area contributed by atoms with Crippen LogP contribution in [-0.4, -0.2) is 29.1 Å². The lowest BCUT2D eigenvalue weighted by atomic mass is 9.99. The van der Waals surface area contributed by atoms with Crippen molar-refractivity contribution in [2.45, 2.75) is 29.6 Å². The summed E-state index contributed by atoms with van der Waals surface area (Å²) in [5.74, 6) is 0.423. The molecule has 168 valence electrons. The molecule has 0 fully saturated rings. The molecule has 7 heteroatoms. The number of benzene rings is 3. The average Bonchev–Trinajstić information content (AvgIpc) is 2.76. The zero-order valence-corrected chi connectivity index (χ0v) is 21.0. The molecule has 3 aromatic carbocycles. The SMILES string of the molecule is CCSc1ccc(-c2c(Cl)cc(NCC(C(=O)O)c3ccc(SCC)cc3)cc2Cl)cc1. The summed E-state index contributed by atoms with van der Waals surface area (Å²) in [7, 11) is 0. The predicted molar refractivity (Wildman–Crippen MR) is 140 cm³/mol. The van der Waals surface area contributed by atoms with E-state index in [1.807, 2.05) is 36.4 Å². The van der Waals surface area contributed by atoms with Crippen LogP contribution in [0.25, 0.3) is 11.1 Å². The molecule has 0 aliphatic rings. The Bertz CT molecular complexity index is 1030. The third-order valence-electron chi connectivity index (χ3n) is 4.90. The number of nitrogens with one attached hydrogen (secondary N) is 1. The summed E-state index contributed by atoms with van der Waals surface area (Å²) in [6.07, 6.45) is 0. The van der Waals surface area contributed by atoms with Gasteiger partial charge in [0.15, 0.2) is 0 Å². The second-order valence-electron chi connectivity index (χ2n) is 7.05. The van der Waals surface area contributed by atoms with Crippen LogP contribution in [0.4, 0.5) is 5.69 Å². The number of carbonyl (C=O) groups is 1. The van der Waals surface area contributed by atoms with Crippen molar-refractivity contribution in [1.29, 1.82) is 0 Å². The molecule has 2 N–H and O–H groups in total. The summed E-state index contributed by atoms with van der Waals surface area (Å²) in [4.78, 5) is 14.2. The maximum atomic E-state index is 11.9. The summed E-state index contributed by atoms with van der Waals surface area (Å²) in [5.41, 5.74) is 3.15. The lowest BCUT2D eigenvalue weighted by Crippen LogP contribution is -2.21. The number of carboxylic acid groups (broad SMARTS) is 1. The molecule has 1 atom stereocenters. The van der Waals surface area contributed by atoms with E-state index in [9.17, 15) is 9.90 Å². The zero-order chi connectivity index (χ0) is 23.1. The molecular weight excluding hydrogens is 481 g/mol. The standard InChI is InChI=1S/C25H25Cl2NO2S2/c1-3-31-19-9-5-16(6-10-19)21(25(29)30)15-28-18-13-22(26)24(23(27)14-18)17-7-11-20(12-8-17)32-4-2/h5-14,21,28H,3-4,15H2,1-2H3,(H,29,30). The van der Waals surface area contributed by atoms with Crippen molar-refractivity contribution in [3.05, 3.63) is 76.3 Å². The van der Waals surface area contributed by atoms with E-state index in [-0.39, 0.29) is 6.54 Å². The second kappa shape index (κ2) is 11.9. The van der Waals surface area contributed by atoms with E-state index >= 15 is 0 Å². The minimum Gasteiger partial charge on any atom is -0.481 e. The van der Waals surface area contributed by atoms with E-state index < -0.39 is 11.9 Å². The van der Waals surface area contributed by atoms with E-state index in [1.165, 1.54) is 4.90 Å². The highest BCUT2D eigenvalue weighted by molar-refractivity contribution is 7.99. The molecule has 0 radical (unpaired) electrons. The van der Waals surface area contributed by atoms with Crippen LogP contribution in [0, 0.1) is 0 Å². The van der Waals surface area contributed by atoms with Crippen LogP contribution in [0.1, 0.15) is 25.3 Å². The molecule has 0 saturated heterocycles. The summed E-state index contributed by atoms with van der Waals surface area (Å²) in [6, 6.07) is 19.4. The molecule has 3 rings (SSSR count). The molecule has 0 aliphatic carbocycles. The molecule has 0 aromatic heterocycles. The molecule has 0 bridgehead atoms. The number of hydrogen-bond donors (Lipinski definition) is 2. The third-order valence-corrected chi connectivity index (χ3v) is 7.28. The normalized spacial score (nSPS) is 11.9. The highest BCUT2D eigenvalue weighted by atomic mass is 35.5. The lowest BCUT2D eigenvalue weighted by molar-refractivity contribution is -0.138. The first-order valence-electron chi connectivity index (χ1n) is 10.3. The van der Waals surface area contributed by atoms with Crippen molar-refractivity contribution >= 4 is 58.4 Å². The van der Waals surface area contributed by atoms with Gasteiger partial charge >= 0.3 is 5.97 Å². The average molecular weight is 507 g/mol. The molecule has 0 spiro atoms. The number of rotatable bonds is 10. The van der Waals surface area contributed by atoms with Crippen LogP contribution < -0.4 is 5.32 Å². The van der Waals surface area contributed by atoms with Gasteiger partial charge in [0, 0.05) is 27.6 Å². The summed E-state index contributed by atoms with van der Waals surface area (Å²) < 4.78 is 0. The van der Waals surface area contributed by atoms with E-state index in [1.54, 1.807) is 35.7 Å². The summed E-state index contributed by atoms with van der Waals surface area (Å²) >= 11 is 16.6. The van der Waals surface area contributed by atoms with Gasteiger partial charge in [-0.3, -0.25) is 4.79 Å². The van der Waals surface area contributed by atoms with Gasteiger partial charge in [0.05, 0.1) is 16.0 Å². The highest BCUT2D eigenvalue weighted by Gasteiger charge is 2.20. The first-order valence-corrected chi connectivity index (χ1v) is 13.1. The molecule has 3 nitrogen and oxygen atoms in total. The monoisotopic (exact) mass is 505 g/mol. The van der Waals surface area contributed by atoms with Crippen molar-refractivity contribution in [3.8, 4) is 11.1 Å². The fourth-order valence-electron chi connectivity index (χ4n) is 3.37. The minimum absolute atomic E-state index is 0.227. The van der Waals surface area contributed by atoms with Crippen LogP contribution in [-0.2, 0) is 4.79 Å². The maximum absolute atomic E-state index is 11.9. The van der Waals surface area contributed by atoms with Crippen molar-refractivity contribution in [2.24, 2.45) is 0 Å². The molecule has 32 heavy (non-hydrogen) atoms.